The Morgan fingerprint density at radius 2 is 0.533 bits per heavy atom. The summed E-state index contributed by atoms with van der Waals surface area (Å²) in [5.74, 6) is 0. The van der Waals surface area contributed by atoms with E-state index in [0.29, 0.717) is 0 Å². The molecule has 0 saturated carbocycles. The van der Waals surface area contributed by atoms with Gasteiger partial charge in [0.25, 0.3) is 0 Å². The molecule has 0 bridgehead atoms. The van der Waals surface area contributed by atoms with Crippen LogP contribution in [0.25, 0.3) is 0 Å². The van der Waals surface area contributed by atoms with E-state index in [4.69, 9.17) is 38.5 Å². The zero-order valence-electron chi connectivity index (χ0n) is 4.39. The van der Waals surface area contributed by atoms with Crippen LogP contribution in [0, 0.1) is 0 Å². The van der Waals surface area contributed by atoms with Crippen LogP contribution in [-0.4, -0.2) is 221 Å². The third kappa shape index (κ3) is 166. The van der Waals surface area contributed by atoms with Crippen LogP contribution in [-0.2, 0) is 9.13 Å². The van der Waals surface area contributed by atoms with Gasteiger partial charge in [0, 0.05) is 0 Å². The summed E-state index contributed by atoms with van der Waals surface area (Å²) in [4.78, 5) is 43.1. The molecule has 0 aromatic rings. The Kier molecular flexibility index (Phi) is 65.2. The normalized spacial score (nSPS) is 7.87. The van der Waals surface area contributed by atoms with Crippen LogP contribution in [0.4, 0.5) is 0 Å². The maximum absolute atomic E-state index is 8.88. The first-order valence-electron chi connectivity index (χ1n) is 1.57. The molecule has 0 atom stereocenters. The topological polar surface area (TPSA) is 156 Å². The van der Waals surface area contributed by atoms with Gasteiger partial charge in [0.2, 0.25) is 0 Å². The Hall–Kier alpha value is 6.49. The molecule has 0 aliphatic carbocycles. The van der Waals surface area contributed by atoms with Crippen molar-refractivity contribution in [1.82, 2.24) is 0 Å². The molecule has 0 radical (unpaired) electrons. The van der Waals surface area contributed by atoms with Gasteiger partial charge in [-0.1, -0.05) is 0 Å². The Balaban J connectivity index is -0.0000000128. The van der Waals surface area contributed by atoms with Crippen molar-refractivity contribution in [2.75, 3.05) is 0 Å². The van der Waals surface area contributed by atoms with Crippen LogP contribution in [0.3, 0.4) is 0 Å². The van der Waals surface area contributed by atoms with Crippen molar-refractivity contribution < 1.29 is 38.5 Å². The fraction of sp³-hybridized carbons (Fsp3) is 0. The van der Waals surface area contributed by atoms with Gasteiger partial charge in [-0.25, -0.2) is 9.13 Å². The van der Waals surface area contributed by atoms with E-state index in [9.17, 15) is 0 Å². The first-order chi connectivity index (χ1) is 4.00. The Bertz CT molecular complexity index is 138. The van der Waals surface area contributed by atoms with Gasteiger partial charge in [-0.15, -0.1) is 0 Å². The molecule has 0 rings (SSSR count). The zero-order chi connectivity index (χ0) is 9.00. The molecular formula is H11K2Na3O8P2. The van der Waals surface area contributed by atoms with Crippen molar-refractivity contribution in [1.29, 1.82) is 0 Å². The summed E-state index contributed by atoms with van der Waals surface area (Å²) < 4.78 is 17.8. The molecule has 0 unspecified atom stereocenters. The minimum absolute atomic E-state index is 0. The SMILES string of the molecule is O=P(O)(O)O.O=P(O)(O)O.[KH].[KH].[NaH].[NaH].[NaH]. The molecule has 15 heavy (non-hydrogen) atoms. The van der Waals surface area contributed by atoms with E-state index in [1.165, 1.54) is 0 Å². The standard InChI is InChI=1S/2K.3Na.2H3O4P.5H/c;;;;;2*1-5(2,3)4;;;;;/h;;;;;2*(H3,1,2,3,4);;;;;. The van der Waals surface area contributed by atoms with Gasteiger partial charge in [0.15, 0.2) is 0 Å². The van der Waals surface area contributed by atoms with Gasteiger partial charge in [-0.05, 0) is 0 Å². The Morgan fingerprint density at radius 3 is 0.533 bits per heavy atom. The van der Waals surface area contributed by atoms with Crippen LogP contribution < -0.4 is 0 Å². The molecule has 6 N–H and O–H groups in total. The van der Waals surface area contributed by atoms with Gasteiger partial charge < -0.3 is 29.4 Å². The summed E-state index contributed by atoms with van der Waals surface area (Å²) in [7, 11) is -9.28. The molecule has 0 aliphatic heterocycles. The number of hydrogen-bond acceptors (Lipinski definition) is 2. The summed E-state index contributed by atoms with van der Waals surface area (Å²) in [5.41, 5.74) is 0. The van der Waals surface area contributed by atoms with Crippen molar-refractivity contribution in [3.8, 4) is 0 Å². The van der Waals surface area contributed by atoms with Crippen LogP contribution in [0.15, 0.2) is 0 Å². The van der Waals surface area contributed by atoms with Gasteiger partial charge in [0.05, 0.1) is 0 Å². The average Bonchev–Trinajstić information content (AvgIpc) is 1.12. The molecule has 0 spiro atoms. The third-order valence-electron chi connectivity index (χ3n) is 0. The number of hydrogen-bond donors (Lipinski definition) is 6. The van der Waals surface area contributed by atoms with Crippen LogP contribution in [0.2, 0.25) is 0 Å². The molecule has 0 aliphatic rings. The fourth-order valence-corrected chi connectivity index (χ4v) is 0. The number of rotatable bonds is 0. The third-order valence-corrected chi connectivity index (χ3v) is 0. The van der Waals surface area contributed by atoms with E-state index in [2.05, 4.69) is 0 Å². The van der Waals surface area contributed by atoms with Crippen molar-refractivity contribution in [2.24, 2.45) is 0 Å². The second kappa shape index (κ2) is 22.8. The predicted octanol–water partition coefficient (Wildman–Crippen LogP) is -5.10. The van der Waals surface area contributed by atoms with Crippen LogP contribution >= 0.6 is 15.6 Å². The molecule has 74 valence electrons. The second-order valence-electron chi connectivity index (χ2n) is 1.03. The van der Waals surface area contributed by atoms with E-state index in [1.54, 1.807) is 0 Å². The van der Waals surface area contributed by atoms with E-state index in [0.717, 1.165) is 0 Å². The summed E-state index contributed by atoms with van der Waals surface area (Å²) >= 11 is 0. The molecule has 0 amide bonds. The molecule has 0 heterocycles. The quantitative estimate of drug-likeness (QED) is 0.188. The summed E-state index contributed by atoms with van der Waals surface area (Å²) in [6.45, 7) is 0. The maximum atomic E-state index is 8.88. The first kappa shape index (κ1) is 43.0. The van der Waals surface area contributed by atoms with E-state index in [-0.39, 0.29) is 191 Å². The monoisotopic (exact) mass is 348 g/mol. The molecule has 8 nitrogen and oxygen atoms in total. The first-order valence-corrected chi connectivity index (χ1v) is 4.70. The summed E-state index contributed by atoms with van der Waals surface area (Å²) in [6.07, 6.45) is 0. The average molecular weight is 348 g/mol. The molecule has 0 aromatic heterocycles. The molecular weight excluding hydrogens is 337 g/mol. The van der Waals surface area contributed by atoms with E-state index in [1.807, 2.05) is 0 Å². The van der Waals surface area contributed by atoms with Crippen LogP contribution in [0.1, 0.15) is 0 Å². The molecule has 0 saturated heterocycles. The van der Waals surface area contributed by atoms with Gasteiger partial charge in [-0.2, -0.15) is 0 Å². The zero-order valence-corrected chi connectivity index (χ0v) is 6.18. The second-order valence-corrected chi connectivity index (χ2v) is 3.08. The summed E-state index contributed by atoms with van der Waals surface area (Å²) in [6, 6.07) is 0. The summed E-state index contributed by atoms with van der Waals surface area (Å²) in [5, 5.41) is 0. The fourth-order valence-electron chi connectivity index (χ4n) is 0. The van der Waals surface area contributed by atoms with Gasteiger partial charge in [-0.3, -0.25) is 0 Å². The van der Waals surface area contributed by atoms with Crippen LogP contribution in [0.5, 0.6) is 0 Å². The molecule has 15 heteroatoms. The van der Waals surface area contributed by atoms with Crippen molar-refractivity contribution >= 4 is 207 Å². The van der Waals surface area contributed by atoms with E-state index < -0.39 is 15.6 Å². The van der Waals surface area contributed by atoms with Gasteiger partial charge >= 0.3 is 207 Å². The van der Waals surface area contributed by atoms with Crippen molar-refractivity contribution in [3.05, 3.63) is 0 Å². The molecule has 0 fully saturated rings. The molecule has 0 aromatic carbocycles. The minimum atomic E-state index is -4.64. The number of phosphoric acid groups is 2. The van der Waals surface area contributed by atoms with E-state index >= 15 is 0 Å². The Labute approximate surface area is 238 Å². The van der Waals surface area contributed by atoms with Gasteiger partial charge in [0.1, 0.15) is 0 Å². The Morgan fingerprint density at radius 1 is 0.533 bits per heavy atom. The van der Waals surface area contributed by atoms with Crippen molar-refractivity contribution in [3.63, 3.8) is 0 Å². The van der Waals surface area contributed by atoms with Crippen molar-refractivity contribution in [2.45, 2.75) is 0 Å². The predicted molar refractivity (Wildman–Crippen MR) is 64.3 cm³/mol.